The second-order valence-electron chi connectivity index (χ2n) is 8.92. The van der Waals surface area contributed by atoms with Crippen LogP contribution in [-0.4, -0.2) is 72.2 Å². The van der Waals surface area contributed by atoms with Crippen molar-refractivity contribution in [3.05, 3.63) is 65.4 Å². The Bertz CT molecular complexity index is 1640. The first kappa shape index (κ1) is 30.0. The number of carboxylic acid groups (broad SMARTS) is 2. The molecule has 3 atom stereocenters. The molecule has 0 spiro atoms. The number of nitrogens with two attached hydrogens (primary N) is 1. The van der Waals surface area contributed by atoms with Gasteiger partial charge in [-0.25, -0.2) is 9.37 Å². The number of benzene rings is 2. The minimum atomic E-state index is -2.32. The predicted molar refractivity (Wildman–Crippen MR) is 144 cm³/mol. The van der Waals surface area contributed by atoms with E-state index in [4.69, 9.17) is 25.7 Å². The van der Waals surface area contributed by atoms with E-state index in [-0.39, 0.29) is 33.4 Å². The van der Waals surface area contributed by atoms with Crippen molar-refractivity contribution in [2.24, 2.45) is 10.7 Å². The number of nitrogens with zero attached hydrogens (tertiary/aromatic N) is 3. The first-order valence-corrected chi connectivity index (χ1v) is 13.2. The summed E-state index contributed by atoms with van der Waals surface area (Å²) in [5.41, 5.74) is 5.75. The van der Waals surface area contributed by atoms with Gasteiger partial charge in [-0.15, -0.1) is 0 Å². The molecular formula is C26H23F2N5O8S. The topological polar surface area (TPSA) is 209 Å². The zero-order valence-corrected chi connectivity index (χ0v) is 22.5. The number of aromatic hydroxyl groups is 1. The van der Waals surface area contributed by atoms with E-state index < -0.39 is 69.6 Å². The van der Waals surface area contributed by atoms with Crippen LogP contribution in [0.5, 0.6) is 28.9 Å². The molecule has 220 valence electrons. The number of carbonyl (C=O) groups is 2. The Kier molecular flexibility index (Phi) is 8.77. The fourth-order valence-corrected chi connectivity index (χ4v) is 5.16. The van der Waals surface area contributed by atoms with Crippen LogP contribution >= 0.6 is 0 Å². The molecule has 42 heavy (non-hydrogen) atoms. The summed E-state index contributed by atoms with van der Waals surface area (Å²) in [4.78, 5) is 32.3. The van der Waals surface area contributed by atoms with Crippen LogP contribution in [0.25, 0.3) is 0 Å². The monoisotopic (exact) mass is 603 g/mol. The Hall–Kier alpha value is -4.96. The van der Waals surface area contributed by atoms with E-state index in [0.717, 1.165) is 12.1 Å². The minimum absolute atomic E-state index is 0.0676. The molecule has 1 aliphatic heterocycles. The Morgan fingerprint density at radius 3 is 2.55 bits per heavy atom. The molecule has 1 aromatic heterocycles. The van der Waals surface area contributed by atoms with Crippen LogP contribution in [0.1, 0.15) is 23.7 Å². The van der Waals surface area contributed by atoms with Gasteiger partial charge in [-0.05, 0) is 43.4 Å². The van der Waals surface area contributed by atoms with Gasteiger partial charge in [0, 0.05) is 28.8 Å². The summed E-state index contributed by atoms with van der Waals surface area (Å²) in [6, 6.07) is 7.30. The van der Waals surface area contributed by atoms with Gasteiger partial charge in [0.25, 0.3) is 5.88 Å². The summed E-state index contributed by atoms with van der Waals surface area (Å²) in [5.74, 6) is -8.65. The molecule has 16 heteroatoms. The minimum Gasteiger partial charge on any atom is -0.504 e. The molecule has 13 nitrogen and oxygen atoms in total. The first-order valence-electron chi connectivity index (χ1n) is 12.0. The quantitative estimate of drug-likeness (QED) is 0.159. The molecule has 0 saturated carbocycles. The number of carboxylic acids is 2. The van der Waals surface area contributed by atoms with Crippen LogP contribution in [0.15, 0.2) is 52.5 Å². The van der Waals surface area contributed by atoms with Crippen molar-refractivity contribution in [2.45, 2.75) is 22.7 Å². The second-order valence-corrected chi connectivity index (χ2v) is 10.6. The highest BCUT2D eigenvalue weighted by Crippen LogP contribution is 2.40. The SMILES string of the molecule is CN1CC=NC1c1cc(S(=O)C(CC(=O)O)C(=O)O)ccc1Oc1c(F)cnc(Oc2cc(C(=N)N)ccc2O)c1F. The number of nitrogens with one attached hydrogen (secondary N) is 1. The Morgan fingerprint density at radius 1 is 1.19 bits per heavy atom. The van der Waals surface area contributed by atoms with Gasteiger partial charge in [-0.1, -0.05) is 0 Å². The fraction of sp³-hybridized carbons (Fsp3) is 0.192. The third-order valence-corrected chi connectivity index (χ3v) is 7.61. The molecule has 1 aliphatic rings. The zero-order valence-electron chi connectivity index (χ0n) is 21.7. The van der Waals surface area contributed by atoms with Crippen LogP contribution in [-0.2, 0) is 20.4 Å². The van der Waals surface area contributed by atoms with Gasteiger partial charge in [0.2, 0.25) is 11.6 Å². The van der Waals surface area contributed by atoms with Gasteiger partial charge < -0.3 is 30.5 Å². The lowest BCUT2D eigenvalue weighted by Gasteiger charge is -2.22. The number of aromatic nitrogens is 1. The zero-order chi connectivity index (χ0) is 30.7. The second kappa shape index (κ2) is 12.3. The van der Waals surface area contributed by atoms with E-state index in [1.54, 1.807) is 18.2 Å². The van der Waals surface area contributed by atoms with E-state index in [1.165, 1.54) is 24.3 Å². The average molecular weight is 604 g/mol. The fourth-order valence-electron chi connectivity index (χ4n) is 3.91. The van der Waals surface area contributed by atoms with Crippen molar-refractivity contribution in [1.82, 2.24) is 9.88 Å². The number of phenols is 1. The number of amidine groups is 1. The maximum Gasteiger partial charge on any atom is 0.320 e. The number of halogens is 2. The standard InChI is InChI=1S/C26H23F2N5O8S/c1-33-7-6-31-24(33)14-9-13(42(39)19(26(37)38)10-20(35)36)3-5-17(14)40-22-15(27)11-32-25(21(22)28)41-18-8-12(23(29)30)2-4-16(18)34/h2-6,8-9,11,19,24,34H,7,10H2,1H3,(H3,29,30)(H,35,36)(H,37,38). The molecule has 0 radical (unpaired) electrons. The molecule has 3 aromatic rings. The summed E-state index contributed by atoms with van der Waals surface area (Å²) in [6.07, 6.45) is 0.489. The third-order valence-electron chi connectivity index (χ3n) is 6.01. The van der Waals surface area contributed by atoms with Gasteiger partial charge in [0.15, 0.2) is 17.3 Å². The van der Waals surface area contributed by atoms with Crippen molar-refractivity contribution < 1.29 is 47.4 Å². The van der Waals surface area contributed by atoms with Crippen LogP contribution in [0.4, 0.5) is 8.78 Å². The van der Waals surface area contributed by atoms with Crippen LogP contribution in [0.3, 0.4) is 0 Å². The van der Waals surface area contributed by atoms with Crippen LogP contribution < -0.4 is 15.2 Å². The van der Waals surface area contributed by atoms with Crippen molar-refractivity contribution in [3.63, 3.8) is 0 Å². The molecule has 4 rings (SSSR count). The maximum atomic E-state index is 15.5. The molecule has 2 aromatic carbocycles. The largest absolute Gasteiger partial charge is 0.504 e. The molecule has 3 unspecified atom stereocenters. The summed E-state index contributed by atoms with van der Waals surface area (Å²) < 4.78 is 54.3. The third kappa shape index (κ3) is 6.34. The number of nitrogen functional groups attached to an aromatic ring is 1. The summed E-state index contributed by atoms with van der Waals surface area (Å²) >= 11 is 0. The van der Waals surface area contributed by atoms with E-state index in [9.17, 15) is 28.4 Å². The predicted octanol–water partition coefficient (Wildman–Crippen LogP) is 2.98. The van der Waals surface area contributed by atoms with E-state index >= 15 is 4.39 Å². The smallest absolute Gasteiger partial charge is 0.320 e. The van der Waals surface area contributed by atoms with Crippen molar-refractivity contribution in [1.29, 1.82) is 5.41 Å². The highest BCUT2D eigenvalue weighted by molar-refractivity contribution is 7.86. The Labute approximate surface area is 238 Å². The summed E-state index contributed by atoms with van der Waals surface area (Å²) in [5, 5.41) is 34.4. The Balaban J connectivity index is 1.74. The number of aliphatic imine (C=N–C) groups is 1. The molecule has 0 aliphatic carbocycles. The van der Waals surface area contributed by atoms with Gasteiger partial charge in [0.1, 0.15) is 23.0 Å². The molecule has 6 N–H and O–H groups in total. The van der Waals surface area contributed by atoms with Crippen LogP contribution in [0.2, 0.25) is 0 Å². The number of phenolic OH excluding ortho intramolecular Hbond substituents is 1. The maximum absolute atomic E-state index is 15.5. The van der Waals surface area contributed by atoms with Gasteiger partial charge in [-0.2, -0.15) is 4.39 Å². The van der Waals surface area contributed by atoms with E-state index in [1.807, 2.05) is 0 Å². The highest BCUT2D eigenvalue weighted by atomic mass is 32.2. The van der Waals surface area contributed by atoms with Gasteiger partial charge >= 0.3 is 11.9 Å². The molecule has 0 fully saturated rings. The van der Waals surface area contributed by atoms with Crippen LogP contribution in [0, 0.1) is 17.0 Å². The van der Waals surface area contributed by atoms with Crippen molar-refractivity contribution in [2.75, 3.05) is 13.6 Å². The lowest BCUT2D eigenvalue weighted by molar-refractivity contribution is -0.143. The lowest BCUT2D eigenvalue weighted by atomic mass is 10.1. The van der Waals surface area contributed by atoms with E-state index in [0.29, 0.717) is 12.7 Å². The number of rotatable bonds is 11. The highest BCUT2D eigenvalue weighted by Gasteiger charge is 2.31. The lowest BCUT2D eigenvalue weighted by Crippen LogP contribution is -2.28. The van der Waals surface area contributed by atoms with Crippen molar-refractivity contribution in [3.8, 4) is 28.9 Å². The normalized spacial score (nSPS) is 16.1. The van der Waals surface area contributed by atoms with Gasteiger partial charge in [0.05, 0.1) is 23.4 Å². The summed E-state index contributed by atoms with van der Waals surface area (Å²) in [7, 11) is -0.646. The summed E-state index contributed by atoms with van der Waals surface area (Å²) in [6.45, 7) is 0.382. The number of ether oxygens (including phenoxy) is 2. The van der Waals surface area contributed by atoms with Crippen molar-refractivity contribution >= 4 is 34.8 Å². The van der Waals surface area contributed by atoms with E-state index in [2.05, 4.69) is 9.98 Å². The number of aliphatic carboxylic acids is 2. The van der Waals surface area contributed by atoms with Gasteiger partial charge in [-0.3, -0.25) is 29.1 Å². The average Bonchev–Trinajstić information content (AvgIpc) is 3.37. The number of hydrogen-bond donors (Lipinski definition) is 5. The first-order chi connectivity index (χ1) is 19.9. The number of hydrogen-bond acceptors (Lipinski definition) is 10. The Morgan fingerprint density at radius 2 is 1.93 bits per heavy atom. The molecular weight excluding hydrogens is 580 g/mol. The molecule has 0 amide bonds. The molecule has 2 heterocycles. The number of pyridine rings is 1. The molecule has 0 saturated heterocycles. The molecule has 0 bridgehead atoms.